The molecule has 0 aliphatic heterocycles. The van der Waals surface area contributed by atoms with Gasteiger partial charge in [0.2, 0.25) is 15.0 Å². The van der Waals surface area contributed by atoms with Gasteiger partial charge in [0, 0.05) is 17.3 Å². The summed E-state index contributed by atoms with van der Waals surface area (Å²) in [6.07, 6.45) is 2.47. The highest BCUT2D eigenvalue weighted by Gasteiger charge is 2.23. The van der Waals surface area contributed by atoms with E-state index in [-0.39, 0.29) is 21.4 Å². The molecule has 1 amide bonds. The number of nitrogens with one attached hydrogen (secondary N) is 1. The monoisotopic (exact) mass is 397 g/mol. The van der Waals surface area contributed by atoms with Crippen molar-refractivity contribution >= 4 is 38.7 Å². The van der Waals surface area contributed by atoms with Crippen molar-refractivity contribution in [2.24, 2.45) is 0 Å². The topological polar surface area (TPSA) is 80.5 Å². The first-order valence-electron chi connectivity index (χ1n) is 7.29. The third kappa shape index (κ3) is 3.70. The minimum Gasteiger partial charge on any atom is -0.320 e. The molecule has 3 rings (SSSR count). The highest BCUT2D eigenvalue weighted by molar-refractivity contribution is 7.99. The molecule has 2 aromatic heterocycles. The number of alkyl halides is 2. The molecule has 3 aromatic rings. The molecule has 0 spiro atoms. The first-order chi connectivity index (χ1) is 12.3. The van der Waals surface area contributed by atoms with E-state index in [2.05, 4.69) is 10.3 Å². The number of imidazole rings is 1. The predicted octanol–water partition coefficient (Wildman–Crippen LogP) is 3.30. The average molecular weight is 397 g/mol. The number of amides is 1. The molecular formula is C16H13F2N3O3S2. The number of carbonyl (C=O) groups is 1. The molecule has 0 radical (unpaired) electrons. The SMILES string of the molecule is CS(=O)(=O)c1nc(C(=O)Nc2ccccc2SC(F)F)c2ccccn12. The van der Waals surface area contributed by atoms with Crippen molar-refractivity contribution in [1.29, 1.82) is 0 Å². The van der Waals surface area contributed by atoms with Crippen molar-refractivity contribution in [2.45, 2.75) is 15.8 Å². The molecule has 10 heteroatoms. The zero-order valence-corrected chi connectivity index (χ0v) is 15.0. The summed E-state index contributed by atoms with van der Waals surface area (Å²) < 4.78 is 50.5. The summed E-state index contributed by atoms with van der Waals surface area (Å²) >= 11 is 0.306. The summed E-state index contributed by atoms with van der Waals surface area (Å²) in [5, 5.41) is 2.26. The van der Waals surface area contributed by atoms with Gasteiger partial charge < -0.3 is 5.32 Å². The lowest BCUT2D eigenvalue weighted by atomic mass is 10.3. The summed E-state index contributed by atoms with van der Waals surface area (Å²) in [5.74, 6) is -3.33. The normalized spacial score (nSPS) is 11.8. The van der Waals surface area contributed by atoms with E-state index in [0.717, 1.165) is 6.26 Å². The number of pyridine rings is 1. The Morgan fingerprint density at radius 3 is 2.58 bits per heavy atom. The van der Waals surface area contributed by atoms with Crippen LogP contribution in [0, 0.1) is 0 Å². The van der Waals surface area contributed by atoms with Crippen LogP contribution in [0.2, 0.25) is 0 Å². The van der Waals surface area contributed by atoms with E-state index in [1.807, 2.05) is 0 Å². The number of carbonyl (C=O) groups excluding carboxylic acids is 1. The maximum Gasteiger partial charge on any atom is 0.288 e. The summed E-state index contributed by atoms with van der Waals surface area (Å²) in [6, 6.07) is 10.9. The Morgan fingerprint density at radius 2 is 1.88 bits per heavy atom. The lowest BCUT2D eigenvalue weighted by Gasteiger charge is -2.09. The lowest BCUT2D eigenvalue weighted by Crippen LogP contribution is -2.14. The van der Waals surface area contributed by atoms with E-state index in [0.29, 0.717) is 17.3 Å². The van der Waals surface area contributed by atoms with E-state index in [1.165, 1.54) is 22.7 Å². The number of anilines is 1. The van der Waals surface area contributed by atoms with Crippen molar-refractivity contribution < 1.29 is 22.0 Å². The van der Waals surface area contributed by atoms with Crippen molar-refractivity contribution in [3.8, 4) is 0 Å². The second-order valence-corrected chi connectivity index (χ2v) is 8.24. The Bertz CT molecular complexity index is 1080. The lowest BCUT2D eigenvalue weighted by molar-refractivity contribution is 0.102. The van der Waals surface area contributed by atoms with Crippen molar-refractivity contribution in [3.05, 3.63) is 54.4 Å². The number of thioether (sulfide) groups is 1. The molecule has 26 heavy (non-hydrogen) atoms. The summed E-state index contributed by atoms with van der Waals surface area (Å²) in [7, 11) is -3.67. The predicted molar refractivity (Wildman–Crippen MR) is 94.6 cm³/mol. The molecule has 6 nitrogen and oxygen atoms in total. The summed E-state index contributed by atoms with van der Waals surface area (Å²) in [5.41, 5.74) is 0.382. The Morgan fingerprint density at radius 1 is 1.19 bits per heavy atom. The van der Waals surface area contributed by atoms with Crippen LogP contribution in [0.3, 0.4) is 0 Å². The first kappa shape index (κ1) is 18.3. The van der Waals surface area contributed by atoms with Gasteiger partial charge in [-0.3, -0.25) is 9.20 Å². The van der Waals surface area contributed by atoms with Crippen LogP contribution in [-0.4, -0.2) is 35.7 Å². The fraction of sp³-hybridized carbons (Fsp3) is 0.125. The van der Waals surface area contributed by atoms with Crippen molar-refractivity contribution in [1.82, 2.24) is 9.38 Å². The maximum absolute atomic E-state index is 12.7. The number of para-hydroxylation sites is 1. The third-order valence-corrected chi connectivity index (χ3v) is 5.15. The number of sulfone groups is 1. The third-order valence-electron chi connectivity index (χ3n) is 3.41. The number of hydrogen-bond acceptors (Lipinski definition) is 5. The fourth-order valence-corrected chi connectivity index (χ4v) is 3.76. The fourth-order valence-electron chi connectivity index (χ4n) is 2.39. The van der Waals surface area contributed by atoms with Crippen LogP contribution < -0.4 is 5.32 Å². The van der Waals surface area contributed by atoms with Crippen molar-refractivity contribution in [2.75, 3.05) is 11.6 Å². The molecular weight excluding hydrogens is 384 g/mol. The zero-order valence-electron chi connectivity index (χ0n) is 13.4. The largest absolute Gasteiger partial charge is 0.320 e. The van der Waals surface area contributed by atoms with E-state index < -0.39 is 21.5 Å². The molecule has 0 aliphatic carbocycles. The van der Waals surface area contributed by atoms with Crippen LogP contribution in [-0.2, 0) is 9.84 Å². The van der Waals surface area contributed by atoms with Crippen LogP contribution in [0.4, 0.5) is 14.5 Å². The van der Waals surface area contributed by atoms with Gasteiger partial charge in [-0.15, -0.1) is 0 Å². The van der Waals surface area contributed by atoms with E-state index in [4.69, 9.17) is 0 Å². The Labute approximate surface area is 152 Å². The van der Waals surface area contributed by atoms with Gasteiger partial charge >= 0.3 is 0 Å². The average Bonchev–Trinajstić information content (AvgIpc) is 2.96. The molecule has 0 aliphatic rings. The van der Waals surface area contributed by atoms with Gasteiger partial charge in [0.25, 0.3) is 11.7 Å². The first-order valence-corrected chi connectivity index (χ1v) is 10.1. The molecule has 2 heterocycles. The molecule has 0 saturated heterocycles. The molecule has 1 aromatic carbocycles. The standard InChI is InChI=1S/C16H13F2N3O3S2/c1-26(23,24)16-20-13(11-7-4-5-9-21(11)16)14(22)19-10-6-2-3-8-12(10)25-15(17)18/h2-9,15H,1H3,(H,19,22). The molecule has 0 fully saturated rings. The maximum atomic E-state index is 12.7. The van der Waals surface area contributed by atoms with Gasteiger partial charge in [-0.1, -0.05) is 30.0 Å². The molecule has 0 atom stereocenters. The van der Waals surface area contributed by atoms with Gasteiger partial charge in [0.05, 0.1) is 11.2 Å². The van der Waals surface area contributed by atoms with Gasteiger partial charge in [-0.2, -0.15) is 8.78 Å². The second kappa shape index (κ2) is 7.04. The van der Waals surface area contributed by atoms with E-state index >= 15 is 0 Å². The number of aromatic nitrogens is 2. The number of benzene rings is 1. The molecule has 0 saturated carbocycles. The number of nitrogens with zero attached hydrogens (tertiary/aromatic N) is 2. The highest BCUT2D eigenvalue weighted by Crippen LogP contribution is 2.32. The minimum atomic E-state index is -3.67. The number of hydrogen-bond donors (Lipinski definition) is 1. The van der Waals surface area contributed by atoms with Crippen LogP contribution in [0.5, 0.6) is 0 Å². The quantitative estimate of drug-likeness (QED) is 0.668. The van der Waals surface area contributed by atoms with Crippen LogP contribution in [0.1, 0.15) is 10.5 Å². The molecule has 0 bridgehead atoms. The van der Waals surface area contributed by atoms with Crippen LogP contribution in [0.15, 0.2) is 58.7 Å². The second-order valence-electron chi connectivity index (χ2n) is 5.30. The Hall–Kier alpha value is -2.46. The Kier molecular flexibility index (Phi) is 4.97. The number of halogens is 2. The van der Waals surface area contributed by atoms with Gasteiger partial charge in [-0.25, -0.2) is 13.4 Å². The van der Waals surface area contributed by atoms with Gasteiger partial charge in [0.15, 0.2) is 5.69 Å². The Balaban J connectivity index is 2.02. The van der Waals surface area contributed by atoms with Gasteiger partial charge in [-0.05, 0) is 24.3 Å². The smallest absolute Gasteiger partial charge is 0.288 e. The number of fused-ring (bicyclic) bond motifs is 1. The summed E-state index contributed by atoms with van der Waals surface area (Å²) in [4.78, 5) is 16.8. The van der Waals surface area contributed by atoms with Gasteiger partial charge in [0.1, 0.15) is 0 Å². The minimum absolute atomic E-state index is 0.108. The van der Waals surface area contributed by atoms with E-state index in [1.54, 1.807) is 30.3 Å². The highest BCUT2D eigenvalue weighted by atomic mass is 32.2. The molecule has 0 unspecified atom stereocenters. The molecule has 1 N–H and O–H groups in total. The van der Waals surface area contributed by atoms with Crippen LogP contribution >= 0.6 is 11.8 Å². The zero-order chi connectivity index (χ0) is 18.9. The molecule has 136 valence electrons. The number of rotatable bonds is 5. The van der Waals surface area contributed by atoms with Crippen molar-refractivity contribution in [3.63, 3.8) is 0 Å². The van der Waals surface area contributed by atoms with E-state index in [9.17, 15) is 22.0 Å². The summed E-state index contributed by atoms with van der Waals surface area (Å²) in [6.45, 7) is 0. The van der Waals surface area contributed by atoms with Crippen LogP contribution in [0.25, 0.3) is 5.52 Å².